The maximum atomic E-state index is 13.7. The van der Waals surface area contributed by atoms with Crippen molar-refractivity contribution in [1.82, 2.24) is 9.62 Å². The number of sulfonamides is 1. The Labute approximate surface area is 260 Å². The summed E-state index contributed by atoms with van der Waals surface area (Å²) in [6, 6.07) is 20.6. The van der Waals surface area contributed by atoms with Gasteiger partial charge in [-0.3, -0.25) is 4.79 Å². The summed E-state index contributed by atoms with van der Waals surface area (Å²) < 4.78 is 44.8. The highest BCUT2D eigenvalue weighted by molar-refractivity contribution is 7.89. The fourth-order valence-corrected chi connectivity index (χ4v) is 6.33. The van der Waals surface area contributed by atoms with E-state index in [0.717, 1.165) is 5.56 Å². The highest BCUT2D eigenvalue weighted by Gasteiger charge is 2.52. The van der Waals surface area contributed by atoms with Gasteiger partial charge in [0.05, 0.1) is 28.9 Å². The zero-order valence-electron chi connectivity index (χ0n) is 24.3. The van der Waals surface area contributed by atoms with Crippen molar-refractivity contribution in [3.8, 4) is 5.75 Å². The Morgan fingerprint density at radius 2 is 1.61 bits per heavy atom. The lowest BCUT2D eigenvalue weighted by Crippen LogP contribution is -2.64. The third-order valence-corrected chi connectivity index (χ3v) is 9.00. The second kappa shape index (κ2) is 13.7. The van der Waals surface area contributed by atoms with Gasteiger partial charge in [0.15, 0.2) is 5.60 Å². The van der Waals surface area contributed by atoms with E-state index in [1.165, 1.54) is 29.4 Å². The van der Waals surface area contributed by atoms with Crippen molar-refractivity contribution in [2.75, 3.05) is 13.1 Å². The third-order valence-electron chi connectivity index (χ3n) is 6.90. The van der Waals surface area contributed by atoms with E-state index in [0.29, 0.717) is 16.3 Å². The number of nitrogens with zero attached hydrogens (tertiary/aromatic N) is 1. The van der Waals surface area contributed by atoms with Crippen molar-refractivity contribution in [3.05, 3.63) is 95.0 Å². The first-order valence-corrected chi connectivity index (χ1v) is 15.6. The van der Waals surface area contributed by atoms with Crippen molar-refractivity contribution in [2.45, 2.75) is 50.0 Å². The lowest BCUT2D eigenvalue weighted by Gasteiger charge is -2.49. The van der Waals surface area contributed by atoms with Gasteiger partial charge in [-0.25, -0.2) is 18.0 Å². The maximum absolute atomic E-state index is 13.7. The van der Waals surface area contributed by atoms with E-state index in [4.69, 9.17) is 25.8 Å². The van der Waals surface area contributed by atoms with Gasteiger partial charge < -0.3 is 24.6 Å². The molecule has 0 radical (unpaired) electrons. The fourth-order valence-electron chi connectivity index (χ4n) is 4.55. The Morgan fingerprint density at radius 1 is 0.955 bits per heavy atom. The molecule has 0 saturated carbocycles. The molecule has 3 aromatic carbocycles. The van der Waals surface area contributed by atoms with Crippen molar-refractivity contribution in [2.24, 2.45) is 5.92 Å². The number of nitrogens with one attached hydrogen (secondary N) is 1. The number of benzene rings is 3. The van der Waals surface area contributed by atoms with Crippen LogP contribution in [0.15, 0.2) is 83.8 Å². The molecule has 1 amide bonds. The molecule has 0 aromatic heterocycles. The third kappa shape index (κ3) is 7.68. The van der Waals surface area contributed by atoms with Gasteiger partial charge in [-0.05, 0) is 35.4 Å². The number of carboxylic acids is 1. The van der Waals surface area contributed by atoms with E-state index in [2.05, 4.69) is 5.32 Å². The number of halogens is 1. The summed E-state index contributed by atoms with van der Waals surface area (Å²) in [5.74, 6) is -1.97. The van der Waals surface area contributed by atoms with Gasteiger partial charge in [0.2, 0.25) is 16.3 Å². The number of alkyl carbamates (subject to hydrolysis) is 1. The Morgan fingerprint density at radius 3 is 2.25 bits per heavy atom. The SMILES string of the molecule is CC(OC(=O)NC(Cc1cccc(S(=O)(=O)N2CC(Oc3ccccc3Cl)(c3ccccc3)C2)c1)C(=O)O)OC(=O)C(C)C. The van der Waals surface area contributed by atoms with Crippen molar-refractivity contribution in [3.63, 3.8) is 0 Å². The molecule has 2 N–H and O–H groups in total. The second-order valence-corrected chi connectivity index (χ2v) is 13.0. The van der Waals surface area contributed by atoms with Gasteiger partial charge in [-0.1, -0.05) is 80.0 Å². The van der Waals surface area contributed by atoms with Crippen LogP contribution in [0, 0.1) is 5.92 Å². The number of aliphatic carboxylic acids is 1. The largest absolute Gasteiger partial charge is 0.480 e. The molecule has 2 atom stereocenters. The molecule has 1 fully saturated rings. The maximum Gasteiger partial charge on any atom is 0.410 e. The molecule has 2 unspecified atom stereocenters. The Balaban J connectivity index is 1.47. The molecular formula is C31H33ClN2O9S. The normalized spacial score (nSPS) is 15.8. The average Bonchev–Trinajstić information content (AvgIpc) is 2.95. The summed E-state index contributed by atoms with van der Waals surface area (Å²) in [4.78, 5) is 35.9. The van der Waals surface area contributed by atoms with Crippen LogP contribution in [0.1, 0.15) is 31.9 Å². The van der Waals surface area contributed by atoms with Crippen molar-refractivity contribution in [1.29, 1.82) is 0 Å². The summed E-state index contributed by atoms with van der Waals surface area (Å²) in [5, 5.41) is 12.3. The van der Waals surface area contributed by atoms with Crippen LogP contribution in [-0.4, -0.2) is 61.3 Å². The molecule has 0 aliphatic carbocycles. The molecule has 0 bridgehead atoms. The topological polar surface area (TPSA) is 149 Å². The number of amides is 1. The number of para-hydroxylation sites is 1. The lowest BCUT2D eigenvalue weighted by molar-refractivity contribution is -0.169. The summed E-state index contributed by atoms with van der Waals surface area (Å²) in [5.41, 5.74) is 0.159. The molecular weight excluding hydrogens is 612 g/mol. The lowest BCUT2D eigenvalue weighted by atomic mass is 9.87. The van der Waals surface area contributed by atoms with Crippen LogP contribution in [0.4, 0.5) is 4.79 Å². The summed E-state index contributed by atoms with van der Waals surface area (Å²) >= 11 is 6.34. The predicted molar refractivity (Wildman–Crippen MR) is 161 cm³/mol. The number of carbonyl (C=O) groups excluding carboxylic acids is 2. The van der Waals surface area contributed by atoms with Gasteiger partial charge in [0.25, 0.3) is 0 Å². The van der Waals surface area contributed by atoms with E-state index in [9.17, 15) is 27.9 Å². The average molecular weight is 645 g/mol. The van der Waals surface area contributed by atoms with Crippen LogP contribution in [0.5, 0.6) is 5.75 Å². The predicted octanol–water partition coefficient (Wildman–Crippen LogP) is 4.59. The van der Waals surface area contributed by atoms with E-state index < -0.39 is 51.9 Å². The number of ether oxygens (including phenoxy) is 3. The zero-order chi connectivity index (χ0) is 32.1. The number of carboxylic acid groups (broad SMARTS) is 1. The highest BCUT2D eigenvalue weighted by Crippen LogP contribution is 2.41. The van der Waals surface area contributed by atoms with Gasteiger partial charge in [0, 0.05) is 13.3 Å². The van der Waals surface area contributed by atoms with E-state index >= 15 is 0 Å². The van der Waals surface area contributed by atoms with Gasteiger partial charge in [-0.15, -0.1) is 0 Å². The van der Waals surface area contributed by atoms with E-state index in [-0.39, 0.29) is 24.4 Å². The first-order chi connectivity index (χ1) is 20.8. The standard InChI is InChI=1S/C31H33ClN2O9S/c1-20(2)29(37)41-21(3)42-30(38)33-26(28(35)36)17-22-10-9-13-24(16-22)44(39,40)34-18-31(19-34,23-11-5-4-6-12-23)43-27-15-8-7-14-25(27)32/h4-16,20-21,26H,17-19H2,1-3H3,(H,33,38)(H,35,36). The van der Waals surface area contributed by atoms with Crippen LogP contribution in [0.25, 0.3) is 0 Å². The summed E-state index contributed by atoms with van der Waals surface area (Å²) in [6.07, 6.45) is -2.59. The van der Waals surface area contributed by atoms with Crippen molar-refractivity contribution < 1.29 is 42.1 Å². The van der Waals surface area contributed by atoms with E-state index in [1.54, 1.807) is 44.2 Å². The molecule has 11 nitrogen and oxygen atoms in total. The summed E-state index contributed by atoms with van der Waals surface area (Å²) in [7, 11) is -4.01. The van der Waals surface area contributed by atoms with Crippen LogP contribution in [0.3, 0.4) is 0 Å². The number of hydrogen-bond donors (Lipinski definition) is 2. The smallest absolute Gasteiger partial charge is 0.410 e. The molecule has 1 aliphatic rings. The molecule has 13 heteroatoms. The van der Waals surface area contributed by atoms with Crippen LogP contribution in [-0.2, 0) is 41.1 Å². The minimum Gasteiger partial charge on any atom is -0.480 e. The highest BCUT2D eigenvalue weighted by atomic mass is 35.5. The minimum absolute atomic E-state index is 0.0134. The van der Waals surface area contributed by atoms with Crippen molar-refractivity contribution >= 4 is 39.7 Å². The van der Waals surface area contributed by atoms with Gasteiger partial charge in [0.1, 0.15) is 11.8 Å². The molecule has 0 spiro atoms. The Kier molecular flexibility index (Phi) is 10.2. The van der Waals surface area contributed by atoms with E-state index in [1.807, 2.05) is 30.3 Å². The summed E-state index contributed by atoms with van der Waals surface area (Å²) in [6.45, 7) is 4.57. The molecule has 1 saturated heterocycles. The molecule has 3 aromatic rings. The number of carbonyl (C=O) groups is 3. The monoisotopic (exact) mass is 644 g/mol. The Bertz CT molecular complexity index is 1610. The first-order valence-electron chi connectivity index (χ1n) is 13.8. The number of hydrogen-bond acceptors (Lipinski definition) is 8. The number of rotatable bonds is 12. The molecule has 1 aliphatic heterocycles. The second-order valence-electron chi connectivity index (χ2n) is 10.6. The first kappa shape index (κ1) is 32.8. The molecule has 44 heavy (non-hydrogen) atoms. The Hall–Kier alpha value is -4.13. The van der Waals surface area contributed by atoms with Crippen LogP contribution in [0.2, 0.25) is 5.02 Å². The van der Waals surface area contributed by atoms with Gasteiger partial charge in [-0.2, -0.15) is 4.31 Å². The zero-order valence-corrected chi connectivity index (χ0v) is 25.9. The molecule has 234 valence electrons. The minimum atomic E-state index is -4.01. The quantitative estimate of drug-likeness (QED) is 0.213. The molecule has 4 rings (SSSR count). The molecule has 1 heterocycles. The van der Waals surface area contributed by atoms with Crippen LogP contribution < -0.4 is 10.1 Å². The van der Waals surface area contributed by atoms with Crippen LogP contribution >= 0.6 is 11.6 Å². The van der Waals surface area contributed by atoms with Gasteiger partial charge >= 0.3 is 18.0 Å². The number of esters is 1. The fraction of sp³-hybridized carbons (Fsp3) is 0.323.